The van der Waals surface area contributed by atoms with Crippen molar-refractivity contribution in [1.29, 1.82) is 0 Å². The van der Waals surface area contributed by atoms with Gasteiger partial charge in [-0.05, 0) is 43.5 Å². The van der Waals surface area contributed by atoms with Crippen molar-refractivity contribution in [1.82, 2.24) is 10.3 Å². The molecule has 2 aromatic carbocycles. The van der Waals surface area contributed by atoms with Gasteiger partial charge in [0.1, 0.15) is 11.5 Å². The molecule has 0 radical (unpaired) electrons. The Balaban J connectivity index is 1.53. The fourth-order valence-corrected chi connectivity index (χ4v) is 2.91. The van der Waals surface area contributed by atoms with Gasteiger partial charge in [0.05, 0.1) is 12.6 Å². The average Bonchev–Trinajstić information content (AvgIpc) is 2.69. The highest BCUT2D eigenvalue weighted by Gasteiger charge is 2.09. The Morgan fingerprint density at radius 3 is 2.70 bits per heavy atom. The standard InChI is InChI=1S/C22H24N2O3/c1-16-13-21(19-14-18(26-2)10-11-20(19)24-16)27-15-22(25)23-12-6-9-17-7-4-3-5-8-17/h3-5,7-8,10-11,13-14H,6,9,12,15H2,1-2H3,(H,23,25). The molecule has 0 unspecified atom stereocenters. The maximum atomic E-state index is 12.1. The minimum absolute atomic E-state index is 0.0267. The van der Waals surface area contributed by atoms with Crippen LogP contribution < -0.4 is 14.8 Å². The molecule has 0 aliphatic rings. The molecule has 0 bridgehead atoms. The highest BCUT2D eigenvalue weighted by atomic mass is 16.5. The van der Waals surface area contributed by atoms with Crippen LogP contribution in [0.25, 0.3) is 10.9 Å². The lowest BCUT2D eigenvalue weighted by molar-refractivity contribution is -0.123. The number of rotatable bonds is 8. The van der Waals surface area contributed by atoms with Crippen LogP contribution in [0.2, 0.25) is 0 Å². The smallest absolute Gasteiger partial charge is 0.257 e. The number of hydrogen-bond acceptors (Lipinski definition) is 4. The Kier molecular flexibility index (Phi) is 6.26. The second-order valence-corrected chi connectivity index (χ2v) is 6.37. The molecule has 0 saturated heterocycles. The molecule has 5 heteroatoms. The summed E-state index contributed by atoms with van der Waals surface area (Å²) >= 11 is 0. The number of methoxy groups -OCH3 is 1. The van der Waals surface area contributed by atoms with Crippen LogP contribution in [0.5, 0.6) is 11.5 Å². The molecule has 140 valence electrons. The van der Waals surface area contributed by atoms with Crippen molar-refractivity contribution in [2.75, 3.05) is 20.3 Å². The lowest BCUT2D eigenvalue weighted by Crippen LogP contribution is -2.30. The predicted molar refractivity (Wildman–Crippen MR) is 106 cm³/mol. The third-order valence-electron chi connectivity index (χ3n) is 4.27. The summed E-state index contributed by atoms with van der Waals surface area (Å²) in [7, 11) is 1.62. The van der Waals surface area contributed by atoms with E-state index in [0.717, 1.165) is 35.2 Å². The first-order valence-electron chi connectivity index (χ1n) is 9.04. The first-order valence-corrected chi connectivity index (χ1v) is 9.04. The summed E-state index contributed by atoms with van der Waals surface area (Å²) in [4.78, 5) is 16.6. The largest absolute Gasteiger partial charge is 0.497 e. The van der Waals surface area contributed by atoms with Crippen LogP contribution in [0, 0.1) is 6.92 Å². The van der Waals surface area contributed by atoms with Crippen molar-refractivity contribution < 1.29 is 14.3 Å². The number of aromatic nitrogens is 1. The topological polar surface area (TPSA) is 60.5 Å². The van der Waals surface area contributed by atoms with E-state index in [-0.39, 0.29) is 12.5 Å². The number of pyridine rings is 1. The van der Waals surface area contributed by atoms with Crippen LogP contribution in [0.3, 0.4) is 0 Å². The van der Waals surface area contributed by atoms with Gasteiger partial charge in [-0.1, -0.05) is 30.3 Å². The molecule has 3 rings (SSSR count). The Morgan fingerprint density at radius 2 is 1.93 bits per heavy atom. The molecule has 0 saturated carbocycles. The number of aryl methyl sites for hydroxylation is 2. The zero-order valence-corrected chi connectivity index (χ0v) is 15.7. The summed E-state index contributed by atoms with van der Waals surface area (Å²) in [6.45, 7) is 2.50. The van der Waals surface area contributed by atoms with Crippen molar-refractivity contribution in [2.24, 2.45) is 0 Å². The Labute approximate surface area is 159 Å². The minimum atomic E-state index is -0.131. The van der Waals surface area contributed by atoms with E-state index in [1.165, 1.54) is 5.56 Å². The molecule has 0 fully saturated rings. The Hall–Kier alpha value is -3.08. The summed E-state index contributed by atoms with van der Waals surface area (Å²) in [6.07, 6.45) is 1.83. The second kappa shape index (κ2) is 9.03. The molecule has 0 aliphatic carbocycles. The normalized spacial score (nSPS) is 10.6. The molecule has 1 aromatic heterocycles. The predicted octanol–water partition coefficient (Wildman–Crippen LogP) is 3.68. The monoisotopic (exact) mass is 364 g/mol. The van der Waals surface area contributed by atoms with Gasteiger partial charge in [-0.2, -0.15) is 0 Å². The maximum Gasteiger partial charge on any atom is 0.257 e. The van der Waals surface area contributed by atoms with Gasteiger partial charge in [0.15, 0.2) is 6.61 Å². The first-order chi connectivity index (χ1) is 13.2. The van der Waals surface area contributed by atoms with Gasteiger partial charge in [0, 0.05) is 23.7 Å². The van der Waals surface area contributed by atoms with E-state index in [1.807, 2.05) is 49.4 Å². The summed E-state index contributed by atoms with van der Waals surface area (Å²) in [5.41, 5.74) is 2.93. The van der Waals surface area contributed by atoms with Gasteiger partial charge in [-0.15, -0.1) is 0 Å². The number of nitrogens with zero attached hydrogens (tertiary/aromatic N) is 1. The van der Waals surface area contributed by atoms with Crippen LogP contribution in [-0.2, 0) is 11.2 Å². The lowest BCUT2D eigenvalue weighted by atomic mass is 10.1. The van der Waals surface area contributed by atoms with Gasteiger partial charge in [-0.3, -0.25) is 9.78 Å². The highest BCUT2D eigenvalue weighted by molar-refractivity contribution is 5.87. The molecule has 0 spiro atoms. The molecule has 0 atom stereocenters. The Bertz CT molecular complexity index is 910. The SMILES string of the molecule is COc1ccc2nc(C)cc(OCC(=O)NCCCc3ccccc3)c2c1. The number of carbonyl (C=O) groups is 1. The molecule has 1 amide bonds. The van der Waals surface area contributed by atoms with Crippen molar-refractivity contribution in [3.63, 3.8) is 0 Å². The summed E-state index contributed by atoms with van der Waals surface area (Å²) in [5.74, 6) is 1.23. The van der Waals surface area contributed by atoms with Crippen molar-refractivity contribution in [3.8, 4) is 11.5 Å². The van der Waals surface area contributed by atoms with E-state index in [0.29, 0.717) is 12.3 Å². The fraction of sp³-hybridized carbons (Fsp3) is 0.273. The van der Waals surface area contributed by atoms with Crippen LogP contribution in [0.4, 0.5) is 0 Å². The molecule has 1 N–H and O–H groups in total. The van der Waals surface area contributed by atoms with Crippen LogP contribution in [-0.4, -0.2) is 31.2 Å². The van der Waals surface area contributed by atoms with E-state index in [2.05, 4.69) is 22.4 Å². The number of fused-ring (bicyclic) bond motifs is 1. The fourth-order valence-electron chi connectivity index (χ4n) is 2.91. The number of benzene rings is 2. The molecular weight excluding hydrogens is 340 g/mol. The molecule has 27 heavy (non-hydrogen) atoms. The molecule has 5 nitrogen and oxygen atoms in total. The molecular formula is C22H24N2O3. The number of ether oxygens (including phenoxy) is 2. The molecule has 0 aliphatic heterocycles. The summed E-state index contributed by atoms with van der Waals surface area (Å²) in [6, 6.07) is 17.7. The van der Waals surface area contributed by atoms with Crippen LogP contribution >= 0.6 is 0 Å². The molecule has 3 aromatic rings. The lowest BCUT2D eigenvalue weighted by Gasteiger charge is -2.11. The number of nitrogens with one attached hydrogen (secondary N) is 1. The highest BCUT2D eigenvalue weighted by Crippen LogP contribution is 2.28. The van der Waals surface area contributed by atoms with Gasteiger partial charge in [0.2, 0.25) is 0 Å². The van der Waals surface area contributed by atoms with Crippen LogP contribution in [0.15, 0.2) is 54.6 Å². The van der Waals surface area contributed by atoms with E-state index in [9.17, 15) is 4.79 Å². The minimum Gasteiger partial charge on any atom is -0.497 e. The zero-order chi connectivity index (χ0) is 19.1. The van der Waals surface area contributed by atoms with Crippen molar-refractivity contribution in [2.45, 2.75) is 19.8 Å². The number of amides is 1. The van der Waals surface area contributed by atoms with Gasteiger partial charge >= 0.3 is 0 Å². The van der Waals surface area contributed by atoms with Gasteiger partial charge in [0.25, 0.3) is 5.91 Å². The van der Waals surface area contributed by atoms with Crippen molar-refractivity contribution >= 4 is 16.8 Å². The number of carbonyl (C=O) groups excluding carboxylic acids is 1. The number of hydrogen-bond donors (Lipinski definition) is 1. The van der Waals surface area contributed by atoms with E-state index in [1.54, 1.807) is 7.11 Å². The third-order valence-corrected chi connectivity index (χ3v) is 4.27. The van der Waals surface area contributed by atoms with Crippen molar-refractivity contribution in [3.05, 3.63) is 65.9 Å². The zero-order valence-electron chi connectivity index (χ0n) is 15.7. The quantitative estimate of drug-likeness (QED) is 0.620. The van der Waals surface area contributed by atoms with E-state index >= 15 is 0 Å². The van der Waals surface area contributed by atoms with E-state index < -0.39 is 0 Å². The van der Waals surface area contributed by atoms with Gasteiger partial charge < -0.3 is 14.8 Å². The summed E-state index contributed by atoms with van der Waals surface area (Å²) in [5, 5.41) is 3.73. The van der Waals surface area contributed by atoms with Gasteiger partial charge in [-0.25, -0.2) is 0 Å². The Morgan fingerprint density at radius 1 is 1.11 bits per heavy atom. The molecule has 1 heterocycles. The second-order valence-electron chi connectivity index (χ2n) is 6.37. The summed E-state index contributed by atoms with van der Waals surface area (Å²) < 4.78 is 11.0. The van der Waals surface area contributed by atoms with E-state index in [4.69, 9.17) is 9.47 Å². The third kappa shape index (κ3) is 5.20. The average molecular weight is 364 g/mol. The van der Waals surface area contributed by atoms with Crippen LogP contribution in [0.1, 0.15) is 17.7 Å². The first kappa shape index (κ1) is 18.7. The maximum absolute atomic E-state index is 12.1.